The van der Waals surface area contributed by atoms with E-state index in [9.17, 15) is 0 Å². The van der Waals surface area contributed by atoms with Gasteiger partial charge >= 0.3 is 0 Å². The summed E-state index contributed by atoms with van der Waals surface area (Å²) >= 11 is 1.69. The summed E-state index contributed by atoms with van der Waals surface area (Å²) in [6.07, 6.45) is 0. The van der Waals surface area contributed by atoms with Gasteiger partial charge in [0.15, 0.2) is 5.82 Å². The third-order valence-electron chi connectivity index (χ3n) is 3.04. The predicted octanol–water partition coefficient (Wildman–Crippen LogP) is 2.08. The number of hydrogen-bond acceptors (Lipinski definition) is 5. The highest BCUT2D eigenvalue weighted by atomic mass is 32.1. The van der Waals surface area contributed by atoms with Crippen LogP contribution in [0.15, 0.2) is 17.5 Å². The standard InChI is InChI=1S/C13H17N5S/c1-8-9(2)16-17-13(11(8)12(14)15)18(3)7-10-5-4-6-19-10/h4-6H,7H2,1-3H3,(H3,14,15). The van der Waals surface area contributed by atoms with E-state index in [1.165, 1.54) is 4.88 Å². The molecule has 0 aliphatic carbocycles. The number of nitrogen functional groups attached to an aromatic ring is 1. The van der Waals surface area contributed by atoms with Gasteiger partial charge in [-0.3, -0.25) is 5.41 Å². The van der Waals surface area contributed by atoms with Crippen LogP contribution in [0.25, 0.3) is 0 Å². The molecule has 2 aromatic rings. The maximum Gasteiger partial charge on any atom is 0.162 e. The first-order valence-corrected chi connectivity index (χ1v) is 6.80. The average Bonchev–Trinajstić information content (AvgIpc) is 2.84. The number of aromatic nitrogens is 2. The van der Waals surface area contributed by atoms with Crippen LogP contribution in [0.5, 0.6) is 0 Å². The molecule has 5 nitrogen and oxygen atoms in total. The highest BCUT2D eigenvalue weighted by molar-refractivity contribution is 7.09. The average molecular weight is 275 g/mol. The van der Waals surface area contributed by atoms with Crippen LogP contribution in [-0.2, 0) is 6.54 Å². The van der Waals surface area contributed by atoms with E-state index in [0.717, 1.165) is 17.8 Å². The predicted molar refractivity (Wildman–Crippen MR) is 78.9 cm³/mol. The number of aryl methyl sites for hydroxylation is 1. The van der Waals surface area contributed by atoms with Gasteiger partial charge in [-0.1, -0.05) is 6.07 Å². The molecule has 0 saturated heterocycles. The van der Waals surface area contributed by atoms with Crippen molar-refractivity contribution in [2.45, 2.75) is 20.4 Å². The minimum atomic E-state index is 0.0310. The van der Waals surface area contributed by atoms with Crippen LogP contribution in [0.4, 0.5) is 5.82 Å². The molecular formula is C13H17N5S. The molecule has 3 N–H and O–H groups in total. The first-order chi connectivity index (χ1) is 9.00. The molecule has 2 rings (SSSR count). The van der Waals surface area contributed by atoms with Crippen molar-refractivity contribution < 1.29 is 0 Å². The summed E-state index contributed by atoms with van der Waals surface area (Å²) in [5.74, 6) is 0.688. The fraction of sp³-hybridized carbons (Fsp3) is 0.308. The molecule has 0 radical (unpaired) electrons. The Bertz CT molecular complexity index is 591. The Morgan fingerprint density at radius 2 is 2.16 bits per heavy atom. The van der Waals surface area contributed by atoms with Gasteiger partial charge in [0.2, 0.25) is 0 Å². The highest BCUT2D eigenvalue weighted by Crippen LogP contribution is 2.23. The van der Waals surface area contributed by atoms with E-state index in [-0.39, 0.29) is 5.84 Å². The number of nitrogens with zero attached hydrogens (tertiary/aromatic N) is 3. The smallest absolute Gasteiger partial charge is 0.162 e. The van der Waals surface area contributed by atoms with Gasteiger partial charge in [-0.15, -0.1) is 16.4 Å². The van der Waals surface area contributed by atoms with Crippen LogP contribution in [0, 0.1) is 19.3 Å². The first-order valence-electron chi connectivity index (χ1n) is 5.92. The molecule has 2 aromatic heterocycles. The molecule has 0 saturated carbocycles. The second-order valence-electron chi connectivity index (χ2n) is 4.46. The lowest BCUT2D eigenvalue weighted by molar-refractivity contribution is 0.855. The van der Waals surface area contributed by atoms with E-state index in [2.05, 4.69) is 16.3 Å². The molecule has 2 heterocycles. The van der Waals surface area contributed by atoms with E-state index in [0.29, 0.717) is 11.4 Å². The fourth-order valence-electron chi connectivity index (χ4n) is 1.90. The lowest BCUT2D eigenvalue weighted by Gasteiger charge is -2.21. The SMILES string of the molecule is Cc1nnc(N(C)Cc2cccs2)c(C(=N)N)c1C. The second-order valence-corrected chi connectivity index (χ2v) is 5.49. The van der Waals surface area contributed by atoms with Crippen molar-refractivity contribution in [3.63, 3.8) is 0 Å². The van der Waals surface area contributed by atoms with Crippen molar-refractivity contribution in [2.75, 3.05) is 11.9 Å². The normalized spacial score (nSPS) is 10.5. The van der Waals surface area contributed by atoms with Crippen molar-refractivity contribution >= 4 is 23.0 Å². The number of rotatable bonds is 4. The zero-order valence-corrected chi connectivity index (χ0v) is 12.1. The number of thiophene rings is 1. The van der Waals surface area contributed by atoms with Crippen molar-refractivity contribution in [2.24, 2.45) is 5.73 Å². The van der Waals surface area contributed by atoms with Crippen molar-refractivity contribution in [3.8, 4) is 0 Å². The second kappa shape index (κ2) is 5.36. The maximum atomic E-state index is 7.74. The summed E-state index contributed by atoms with van der Waals surface area (Å²) < 4.78 is 0. The van der Waals surface area contributed by atoms with E-state index in [1.54, 1.807) is 11.3 Å². The van der Waals surface area contributed by atoms with Crippen LogP contribution in [-0.4, -0.2) is 23.1 Å². The van der Waals surface area contributed by atoms with Gasteiger partial charge in [0.25, 0.3) is 0 Å². The van der Waals surface area contributed by atoms with Crippen LogP contribution in [0.3, 0.4) is 0 Å². The highest BCUT2D eigenvalue weighted by Gasteiger charge is 2.17. The van der Waals surface area contributed by atoms with Gasteiger partial charge in [-0.25, -0.2) is 0 Å². The summed E-state index contributed by atoms with van der Waals surface area (Å²) in [7, 11) is 1.94. The molecule has 19 heavy (non-hydrogen) atoms. The molecule has 0 amide bonds. The first kappa shape index (κ1) is 13.5. The Labute approximate surface area is 116 Å². The Hall–Kier alpha value is -1.95. The third kappa shape index (κ3) is 2.73. The minimum Gasteiger partial charge on any atom is -0.384 e. The van der Waals surface area contributed by atoms with E-state index >= 15 is 0 Å². The molecule has 0 aliphatic rings. The molecule has 0 fully saturated rings. The Morgan fingerprint density at radius 1 is 1.42 bits per heavy atom. The summed E-state index contributed by atoms with van der Waals surface area (Å²) in [6, 6.07) is 4.09. The lowest BCUT2D eigenvalue weighted by atomic mass is 10.1. The summed E-state index contributed by atoms with van der Waals surface area (Å²) in [5.41, 5.74) is 8.08. The molecule has 0 atom stereocenters. The lowest BCUT2D eigenvalue weighted by Crippen LogP contribution is -2.25. The maximum absolute atomic E-state index is 7.74. The number of nitrogens with one attached hydrogen (secondary N) is 1. The zero-order chi connectivity index (χ0) is 14.0. The van der Waals surface area contributed by atoms with Gasteiger partial charge in [0.1, 0.15) is 5.84 Å². The molecule has 0 aliphatic heterocycles. The summed E-state index contributed by atoms with van der Waals surface area (Å²) in [6.45, 7) is 4.52. The molecule has 0 spiro atoms. The fourth-order valence-corrected chi connectivity index (χ4v) is 2.65. The van der Waals surface area contributed by atoms with Crippen molar-refractivity contribution in [1.82, 2.24) is 10.2 Å². The summed E-state index contributed by atoms with van der Waals surface area (Å²) in [4.78, 5) is 3.21. The molecular weight excluding hydrogens is 258 g/mol. The molecule has 0 unspecified atom stereocenters. The zero-order valence-electron chi connectivity index (χ0n) is 11.3. The number of amidine groups is 1. The summed E-state index contributed by atoms with van der Waals surface area (Å²) in [5, 5.41) is 18.1. The van der Waals surface area contributed by atoms with Crippen LogP contribution < -0.4 is 10.6 Å². The van der Waals surface area contributed by atoms with Gasteiger partial charge < -0.3 is 10.6 Å². The molecule has 0 bridgehead atoms. The van der Waals surface area contributed by atoms with E-state index < -0.39 is 0 Å². The third-order valence-corrected chi connectivity index (χ3v) is 3.90. The number of nitrogens with two attached hydrogens (primary N) is 1. The van der Waals surface area contributed by atoms with Gasteiger partial charge in [0, 0.05) is 11.9 Å². The van der Waals surface area contributed by atoms with E-state index in [4.69, 9.17) is 11.1 Å². The van der Waals surface area contributed by atoms with Gasteiger partial charge in [-0.05, 0) is 30.9 Å². The number of hydrogen-bond donors (Lipinski definition) is 2. The molecule has 0 aromatic carbocycles. The van der Waals surface area contributed by atoms with E-state index in [1.807, 2.05) is 37.2 Å². The number of anilines is 1. The Kier molecular flexibility index (Phi) is 3.80. The minimum absolute atomic E-state index is 0.0310. The van der Waals surface area contributed by atoms with Crippen LogP contribution in [0.1, 0.15) is 21.7 Å². The topological polar surface area (TPSA) is 78.9 Å². The van der Waals surface area contributed by atoms with Crippen LogP contribution >= 0.6 is 11.3 Å². The van der Waals surface area contributed by atoms with Gasteiger partial charge in [-0.2, -0.15) is 5.10 Å². The molecule has 100 valence electrons. The van der Waals surface area contributed by atoms with Crippen molar-refractivity contribution in [1.29, 1.82) is 5.41 Å². The monoisotopic (exact) mass is 275 g/mol. The Balaban J connectivity index is 2.38. The van der Waals surface area contributed by atoms with Crippen LogP contribution in [0.2, 0.25) is 0 Å². The molecule has 6 heteroatoms. The Morgan fingerprint density at radius 3 is 2.74 bits per heavy atom. The van der Waals surface area contributed by atoms with Crippen molar-refractivity contribution in [3.05, 3.63) is 39.2 Å². The largest absolute Gasteiger partial charge is 0.384 e. The quantitative estimate of drug-likeness (QED) is 0.661. The van der Waals surface area contributed by atoms with Gasteiger partial charge in [0.05, 0.1) is 17.8 Å².